The van der Waals surface area contributed by atoms with Crippen molar-refractivity contribution in [3.8, 4) is 0 Å². The maximum atomic E-state index is 11.8. The van der Waals surface area contributed by atoms with Crippen LogP contribution < -0.4 is 0 Å². The van der Waals surface area contributed by atoms with Crippen molar-refractivity contribution in [3.05, 3.63) is 24.4 Å². The van der Waals surface area contributed by atoms with E-state index in [9.17, 15) is 19.2 Å². The van der Waals surface area contributed by atoms with E-state index in [1.165, 1.54) is 10.8 Å². The summed E-state index contributed by atoms with van der Waals surface area (Å²) in [4.78, 5) is 51.6. The second kappa shape index (κ2) is 9.58. The van der Waals surface area contributed by atoms with Gasteiger partial charge in [-0.1, -0.05) is 16.9 Å². The van der Waals surface area contributed by atoms with Crippen molar-refractivity contribution in [3.63, 3.8) is 0 Å². The molecule has 8 heteroatoms. The van der Waals surface area contributed by atoms with Gasteiger partial charge in [0.05, 0.1) is 6.54 Å². The average molecular weight is 366 g/mol. The number of rotatable bonds is 10. The Morgan fingerprint density at radius 2 is 1.75 bits per heavy atom. The second-order valence-corrected chi connectivity index (χ2v) is 7.71. The lowest BCUT2D eigenvalue weighted by Gasteiger charge is -2.12. The highest BCUT2D eigenvalue weighted by Crippen LogP contribution is 2.29. The molecule has 1 aromatic rings. The van der Waals surface area contributed by atoms with Gasteiger partial charge in [-0.05, 0) is 22.9 Å². The maximum absolute atomic E-state index is 11.8. The third-order valence-corrected chi connectivity index (χ3v) is 5.69. The minimum Gasteiger partial charge on any atom is -0.300 e. The van der Waals surface area contributed by atoms with E-state index in [0.29, 0.717) is 12.2 Å². The highest BCUT2D eigenvalue weighted by atomic mass is 33.1. The van der Waals surface area contributed by atoms with Crippen LogP contribution in [0.1, 0.15) is 32.1 Å². The number of carbonyl (C=O) groups excluding carboxylic acids is 4. The first kappa shape index (κ1) is 18.7. The van der Waals surface area contributed by atoms with Crippen LogP contribution in [-0.4, -0.2) is 45.6 Å². The summed E-state index contributed by atoms with van der Waals surface area (Å²) < 4.78 is 0. The molecule has 1 aromatic heterocycles. The lowest BCUT2D eigenvalue weighted by atomic mass is 10.1. The third kappa shape index (κ3) is 6.09. The molecule has 0 radical (unpaired) electrons. The Morgan fingerprint density at radius 3 is 2.42 bits per heavy atom. The number of hydrogen-bond acceptors (Lipinski definition) is 7. The molecule has 1 aliphatic rings. The quantitative estimate of drug-likeness (QED) is 0.357. The third-order valence-electron chi connectivity index (χ3n) is 3.42. The van der Waals surface area contributed by atoms with Crippen molar-refractivity contribution in [2.75, 3.05) is 12.3 Å². The fourth-order valence-electron chi connectivity index (χ4n) is 2.11. The summed E-state index contributed by atoms with van der Waals surface area (Å²) >= 11 is 0. The van der Waals surface area contributed by atoms with Crippen LogP contribution in [-0.2, 0) is 19.2 Å². The van der Waals surface area contributed by atoms with Crippen molar-refractivity contribution in [1.82, 2.24) is 9.88 Å². The predicted octanol–water partition coefficient (Wildman–Crippen LogP) is 2.28. The number of hydrogen-bond donors (Lipinski definition) is 0. The molecular formula is C16H18N2O4S2. The molecule has 24 heavy (non-hydrogen) atoms. The first-order valence-electron chi connectivity index (χ1n) is 7.63. The number of likely N-dealkylation sites (tertiary alicyclic amines) is 1. The Kier molecular flexibility index (Phi) is 7.45. The highest BCUT2D eigenvalue weighted by Gasteiger charge is 2.30. The molecular weight excluding hydrogens is 348 g/mol. The summed E-state index contributed by atoms with van der Waals surface area (Å²) in [6, 6.07) is 5.65. The van der Waals surface area contributed by atoms with E-state index in [4.69, 9.17) is 0 Å². The molecule has 0 atom stereocenters. The van der Waals surface area contributed by atoms with Gasteiger partial charge in [0.2, 0.25) is 11.8 Å². The topological polar surface area (TPSA) is 84.4 Å². The SMILES string of the molecule is O=C(CCSSc1ccccn1)CCC(=O)CN1C(=O)CCC1=O. The molecule has 0 saturated carbocycles. The number of ketones is 2. The number of imide groups is 1. The molecule has 0 spiro atoms. The molecule has 6 nitrogen and oxygen atoms in total. The monoisotopic (exact) mass is 366 g/mol. The number of Topliss-reactive ketones (excluding diaryl/α,β-unsaturated/α-hetero) is 2. The van der Waals surface area contributed by atoms with Gasteiger partial charge in [0.25, 0.3) is 0 Å². The summed E-state index contributed by atoms with van der Waals surface area (Å²) in [5.74, 6) is -0.193. The summed E-state index contributed by atoms with van der Waals surface area (Å²) in [7, 11) is 3.06. The van der Waals surface area contributed by atoms with Gasteiger partial charge in [0, 0.05) is 44.1 Å². The molecule has 2 amide bonds. The fourth-order valence-corrected chi connectivity index (χ4v) is 4.02. The largest absolute Gasteiger partial charge is 0.300 e. The van der Waals surface area contributed by atoms with Gasteiger partial charge < -0.3 is 0 Å². The van der Waals surface area contributed by atoms with Gasteiger partial charge in [-0.2, -0.15) is 0 Å². The minimum atomic E-state index is -0.303. The molecule has 0 unspecified atom stereocenters. The van der Waals surface area contributed by atoms with Crippen LogP contribution >= 0.6 is 21.6 Å². The zero-order chi connectivity index (χ0) is 17.4. The Labute approximate surface area is 148 Å². The van der Waals surface area contributed by atoms with E-state index in [1.54, 1.807) is 17.0 Å². The van der Waals surface area contributed by atoms with E-state index < -0.39 is 0 Å². The Morgan fingerprint density at radius 1 is 1.04 bits per heavy atom. The van der Waals surface area contributed by atoms with Crippen molar-refractivity contribution < 1.29 is 19.2 Å². The van der Waals surface area contributed by atoms with Crippen LogP contribution in [0.15, 0.2) is 29.4 Å². The van der Waals surface area contributed by atoms with Gasteiger partial charge in [0.1, 0.15) is 10.8 Å². The lowest BCUT2D eigenvalue weighted by molar-refractivity contribution is -0.141. The summed E-state index contributed by atoms with van der Waals surface area (Å²) in [6.07, 6.45) is 2.69. The van der Waals surface area contributed by atoms with Crippen LogP contribution in [0.5, 0.6) is 0 Å². The average Bonchev–Trinajstić information content (AvgIpc) is 2.90. The molecule has 0 aliphatic carbocycles. The standard InChI is InChI=1S/C16H18N2O4S2/c19-12(8-10-23-24-14-3-1-2-9-17-14)4-5-13(20)11-18-15(21)6-7-16(18)22/h1-3,9H,4-8,10-11H2. The van der Waals surface area contributed by atoms with E-state index in [1.807, 2.05) is 18.2 Å². The van der Waals surface area contributed by atoms with Crippen LogP contribution in [0, 0.1) is 0 Å². The molecule has 1 fully saturated rings. The second-order valence-electron chi connectivity index (χ2n) is 5.27. The first-order chi connectivity index (χ1) is 11.6. The molecule has 0 bridgehead atoms. The Bertz CT molecular complexity index is 606. The van der Waals surface area contributed by atoms with Crippen molar-refractivity contribution >= 4 is 45.0 Å². The number of amides is 2. The van der Waals surface area contributed by atoms with Gasteiger partial charge in [-0.15, -0.1) is 0 Å². The highest BCUT2D eigenvalue weighted by molar-refractivity contribution is 8.76. The Balaban J connectivity index is 1.58. The van der Waals surface area contributed by atoms with Crippen LogP contribution in [0.25, 0.3) is 0 Å². The fraction of sp³-hybridized carbons (Fsp3) is 0.438. The molecule has 0 aromatic carbocycles. The number of nitrogens with zero attached hydrogens (tertiary/aromatic N) is 2. The number of pyridine rings is 1. The normalized spacial score (nSPS) is 14.2. The molecule has 128 valence electrons. The lowest BCUT2D eigenvalue weighted by Crippen LogP contribution is -2.34. The van der Waals surface area contributed by atoms with Crippen molar-refractivity contribution in [2.24, 2.45) is 0 Å². The van der Waals surface area contributed by atoms with E-state index in [2.05, 4.69) is 4.98 Å². The van der Waals surface area contributed by atoms with Gasteiger partial charge in [-0.3, -0.25) is 24.1 Å². The smallest absolute Gasteiger partial charge is 0.230 e. The summed E-state index contributed by atoms with van der Waals surface area (Å²) in [5, 5.41) is 0.894. The first-order valence-corrected chi connectivity index (χ1v) is 9.95. The zero-order valence-electron chi connectivity index (χ0n) is 13.1. The molecule has 2 heterocycles. The number of aromatic nitrogens is 1. The van der Waals surface area contributed by atoms with E-state index in [0.717, 1.165) is 9.93 Å². The van der Waals surface area contributed by atoms with Crippen molar-refractivity contribution in [1.29, 1.82) is 0 Å². The van der Waals surface area contributed by atoms with Gasteiger partial charge >= 0.3 is 0 Å². The minimum absolute atomic E-state index is 0.0107. The van der Waals surface area contributed by atoms with E-state index in [-0.39, 0.29) is 55.6 Å². The molecule has 1 aliphatic heterocycles. The summed E-state index contributed by atoms with van der Waals surface area (Å²) in [6.45, 7) is -0.199. The predicted molar refractivity (Wildman–Crippen MR) is 92.4 cm³/mol. The van der Waals surface area contributed by atoms with E-state index >= 15 is 0 Å². The Hall–Kier alpha value is -1.67. The van der Waals surface area contributed by atoms with Crippen LogP contribution in [0.4, 0.5) is 0 Å². The molecule has 2 rings (SSSR count). The van der Waals surface area contributed by atoms with Crippen molar-refractivity contribution in [2.45, 2.75) is 37.1 Å². The summed E-state index contributed by atoms with van der Waals surface area (Å²) in [5.41, 5.74) is 0. The molecule has 0 N–H and O–H groups in total. The van der Waals surface area contributed by atoms with Gasteiger partial charge in [-0.25, -0.2) is 4.98 Å². The zero-order valence-corrected chi connectivity index (χ0v) is 14.7. The van der Waals surface area contributed by atoms with Crippen LogP contribution in [0.3, 0.4) is 0 Å². The molecule has 1 saturated heterocycles. The number of carbonyl (C=O) groups is 4. The maximum Gasteiger partial charge on any atom is 0.230 e. The van der Waals surface area contributed by atoms with Gasteiger partial charge in [0.15, 0.2) is 5.78 Å². The van der Waals surface area contributed by atoms with Crippen LogP contribution in [0.2, 0.25) is 0 Å².